The van der Waals surface area contributed by atoms with Crippen molar-refractivity contribution in [3.63, 3.8) is 0 Å². The van der Waals surface area contributed by atoms with Crippen LogP contribution in [0.4, 0.5) is 5.69 Å². The minimum Gasteiger partial charge on any atom is -0.507 e. The molecular weight excluding hydrogens is 450 g/mol. The topological polar surface area (TPSA) is 123 Å². The number of rotatable bonds is 8. The lowest BCUT2D eigenvalue weighted by molar-refractivity contribution is -0.384. The van der Waals surface area contributed by atoms with E-state index in [1.807, 2.05) is 0 Å². The van der Waals surface area contributed by atoms with Crippen molar-refractivity contribution in [2.45, 2.75) is 12.6 Å². The van der Waals surface area contributed by atoms with Gasteiger partial charge in [0, 0.05) is 36.6 Å². The van der Waals surface area contributed by atoms with Gasteiger partial charge in [0.25, 0.3) is 17.4 Å². The number of aromatic nitrogens is 1. The van der Waals surface area contributed by atoms with Crippen LogP contribution in [0.5, 0.6) is 5.75 Å². The van der Waals surface area contributed by atoms with Gasteiger partial charge in [0.2, 0.25) is 0 Å². The van der Waals surface area contributed by atoms with Crippen molar-refractivity contribution in [3.8, 4) is 5.75 Å². The van der Waals surface area contributed by atoms with Crippen LogP contribution in [0.25, 0.3) is 5.76 Å². The van der Waals surface area contributed by atoms with Gasteiger partial charge in [-0.05, 0) is 59.7 Å². The van der Waals surface area contributed by atoms with Crippen molar-refractivity contribution in [2.75, 3.05) is 6.61 Å². The third-order valence-corrected chi connectivity index (χ3v) is 5.56. The summed E-state index contributed by atoms with van der Waals surface area (Å²) in [7, 11) is 0. The van der Waals surface area contributed by atoms with Crippen LogP contribution in [0.3, 0.4) is 0 Å². The molecule has 1 saturated heterocycles. The Kier molecular flexibility index (Phi) is 6.68. The van der Waals surface area contributed by atoms with Gasteiger partial charge in [0.05, 0.1) is 16.5 Å². The minimum atomic E-state index is -0.944. The molecule has 35 heavy (non-hydrogen) atoms. The fourth-order valence-corrected chi connectivity index (χ4v) is 3.87. The Labute approximate surface area is 200 Å². The van der Waals surface area contributed by atoms with Gasteiger partial charge in [-0.25, -0.2) is 0 Å². The van der Waals surface area contributed by atoms with Crippen molar-refractivity contribution in [3.05, 3.63) is 118 Å². The number of nitro groups is 1. The molecule has 3 aromatic rings. The summed E-state index contributed by atoms with van der Waals surface area (Å²) >= 11 is 0. The van der Waals surface area contributed by atoms with E-state index in [0.29, 0.717) is 23.5 Å². The van der Waals surface area contributed by atoms with Crippen LogP contribution in [-0.4, -0.2) is 38.2 Å². The van der Waals surface area contributed by atoms with E-state index in [2.05, 4.69) is 11.6 Å². The number of likely N-dealkylation sites (tertiary alicyclic amines) is 1. The number of amides is 1. The molecule has 1 fully saturated rings. The number of ketones is 1. The molecule has 9 nitrogen and oxygen atoms in total. The first-order chi connectivity index (χ1) is 16.9. The number of hydrogen-bond acceptors (Lipinski definition) is 7. The molecule has 2 aromatic carbocycles. The Bertz CT molecular complexity index is 1300. The number of aliphatic hydroxyl groups excluding tert-OH is 1. The summed E-state index contributed by atoms with van der Waals surface area (Å²) in [4.78, 5) is 42.1. The highest BCUT2D eigenvalue weighted by Crippen LogP contribution is 2.40. The summed E-state index contributed by atoms with van der Waals surface area (Å²) in [5.74, 6) is -1.42. The van der Waals surface area contributed by atoms with E-state index in [0.717, 1.165) is 5.56 Å². The van der Waals surface area contributed by atoms with Gasteiger partial charge in [-0.3, -0.25) is 24.7 Å². The van der Waals surface area contributed by atoms with E-state index in [9.17, 15) is 24.8 Å². The van der Waals surface area contributed by atoms with Gasteiger partial charge in [-0.2, -0.15) is 0 Å². The molecule has 0 saturated carbocycles. The van der Waals surface area contributed by atoms with Crippen molar-refractivity contribution in [1.82, 2.24) is 9.88 Å². The molecule has 1 aromatic heterocycles. The maximum absolute atomic E-state index is 13.1. The van der Waals surface area contributed by atoms with Gasteiger partial charge in [-0.15, -0.1) is 0 Å². The molecule has 0 radical (unpaired) electrons. The van der Waals surface area contributed by atoms with Gasteiger partial charge in [0.15, 0.2) is 0 Å². The Morgan fingerprint density at radius 1 is 1.09 bits per heavy atom. The molecule has 0 bridgehead atoms. The van der Waals surface area contributed by atoms with E-state index in [1.54, 1.807) is 54.9 Å². The van der Waals surface area contributed by atoms with Gasteiger partial charge in [0.1, 0.15) is 18.1 Å². The van der Waals surface area contributed by atoms with Crippen LogP contribution in [0, 0.1) is 10.1 Å². The van der Waals surface area contributed by atoms with Crippen LogP contribution >= 0.6 is 0 Å². The first-order valence-corrected chi connectivity index (χ1v) is 10.7. The molecular formula is C26H21N3O6. The van der Waals surface area contributed by atoms with Crippen molar-refractivity contribution < 1.29 is 24.4 Å². The standard InChI is InChI=1S/C26H21N3O6/c1-2-15-35-21-9-5-19(6-10-21)24(30)22-23(18-3-7-20(8-4-18)29(33)34)28(26(32)25(22)31)16-17-11-13-27-14-12-17/h2-14,23,30H,1,15-16H2/b24-22+. The maximum Gasteiger partial charge on any atom is 0.295 e. The molecule has 176 valence electrons. The number of nitro benzene ring substituents is 1. The van der Waals surface area contributed by atoms with Gasteiger partial charge >= 0.3 is 0 Å². The first-order valence-electron chi connectivity index (χ1n) is 10.7. The van der Waals surface area contributed by atoms with Crippen molar-refractivity contribution in [1.29, 1.82) is 0 Å². The predicted molar refractivity (Wildman–Crippen MR) is 127 cm³/mol. The van der Waals surface area contributed by atoms with Crippen LogP contribution in [0.2, 0.25) is 0 Å². The van der Waals surface area contributed by atoms with Crippen LogP contribution in [0.15, 0.2) is 91.3 Å². The highest BCUT2D eigenvalue weighted by Gasteiger charge is 2.46. The average molecular weight is 471 g/mol. The summed E-state index contributed by atoms with van der Waals surface area (Å²) in [5.41, 5.74) is 1.28. The molecule has 1 unspecified atom stereocenters. The van der Waals surface area contributed by atoms with Gasteiger partial charge in [-0.1, -0.05) is 12.7 Å². The predicted octanol–water partition coefficient (Wildman–Crippen LogP) is 4.18. The molecule has 1 N–H and O–H groups in total. The number of benzene rings is 2. The lowest BCUT2D eigenvalue weighted by Crippen LogP contribution is -2.29. The second-order valence-corrected chi connectivity index (χ2v) is 7.76. The van der Waals surface area contributed by atoms with E-state index < -0.39 is 22.7 Å². The quantitative estimate of drug-likeness (QED) is 0.131. The zero-order valence-corrected chi connectivity index (χ0v) is 18.5. The number of nitrogens with zero attached hydrogens (tertiary/aromatic N) is 3. The summed E-state index contributed by atoms with van der Waals surface area (Å²) < 4.78 is 5.45. The fourth-order valence-electron chi connectivity index (χ4n) is 3.87. The highest BCUT2D eigenvalue weighted by atomic mass is 16.6. The Hall–Kier alpha value is -4.79. The van der Waals surface area contributed by atoms with E-state index in [-0.39, 0.29) is 23.6 Å². The largest absolute Gasteiger partial charge is 0.507 e. The van der Waals surface area contributed by atoms with E-state index >= 15 is 0 Å². The van der Waals surface area contributed by atoms with Gasteiger partial charge < -0.3 is 14.7 Å². The number of ether oxygens (including phenoxy) is 1. The minimum absolute atomic E-state index is 0.0832. The monoisotopic (exact) mass is 471 g/mol. The zero-order chi connectivity index (χ0) is 24.9. The smallest absolute Gasteiger partial charge is 0.295 e. The number of pyridine rings is 1. The lowest BCUT2D eigenvalue weighted by Gasteiger charge is -2.25. The zero-order valence-electron chi connectivity index (χ0n) is 18.5. The maximum atomic E-state index is 13.1. The molecule has 0 spiro atoms. The second-order valence-electron chi connectivity index (χ2n) is 7.76. The number of carbonyl (C=O) groups is 2. The SMILES string of the molecule is C=CCOc1ccc(/C(O)=C2\C(=O)C(=O)N(Cc3ccncc3)C2c2ccc([N+](=O)[O-])cc2)cc1. The number of non-ortho nitro benzene ring substituents is 1. The number of aliphatic hydroxyl groups is 1. The third-order valence-electron chi connectivity index (χ3n) is 5.56. The van der Waals surface area contributed by atoms with Crippen LogP contribution < -0.4 is 4.74 Å². The summed E-state index contributed by atoms with van der Waals surface area (Å²) in [6, 6.07) is 14.5. The van der Waals surface area contributed by atoms with E-state index in [1.165, 1.54) is 29.2 Å². The summed E-state index contributed by atoms with van der Waals surface area (Å²) in [5, 5.41) is 22.2. The first kappa shape index (κ1) is 23.4. The Morgan fingerprint density at radius 3 is 2.34 bits per heavy atom. The fraction of sp³-hybridized carbons (Fsp3) is 0.115. The average Bonchev–Trinajstić information content (AvgIpc) is 3.13. The summed E-state index contributed by atoms with van der Waals surface area (Å²) in [6.07, 6.45) is 4.74. The summed E-state index contributed by atoms with van der Waals surface area (Å²) in [6.45, 7) is 3.99. The Balaban J connectivity index is 1.79. The number of hydrogen-bond donors (Lipinski definition) is 1. The molecule has 1 aliphatic heterocycles. The van der Waals surface area contributed by atoms with Crippen LogP contribution in [0.1, 0.15) is 22.7 Å². The molecule has 2 heterocycles. The molecule has 1 aliphatic rings. The van der Waals surface area contributed by atoms with Crippen molar-refractivity contribution >= 4 is 23.1 Å². The van der Waals surface area contributed by atoms with Crippen LogP contribution in [-0.2, 0) is 16.1 Å². The molecule has 1 atom stereocenters. The molecule has 4 rings (SSSR count). The number of Topliss-reactive ketones (excluding diaryl/α,β-unsaturated/α-hetero) is 1. The Morgan fingerprint density at radius 2 is 1.74 bits per heavy atom. The lowest BCUT2D eigenvalue weighted by atomic mass is 9.95. The molecule has 9 heteroatoms. The van der Waals surface area contributed by atoms with E-state index in [4.69, 9.17) is 4.74 Å². The highest BCUT2D eigenvalue weighted by molar-refractivity contribution is 6.46. The molecule has 0 aliphatic carbocycles. The second kappa shape index (κ2) is 10.0. The molecule has 1 amide bonds. The number of carbonyl (C=O) groups excluding carboxylic acids is 2. The van der Waals surface area contributed by atoms with Crippen molar-refractivity contribution in [2.24, 2.45) is 0 Å². The third kappa shape index (κ3) is 4.79. The normalized spacial score (nSPS) is 16.8.